The van der Waals surface area contributed by atoms with E-state index < -0.39 is 24.6 Å². The van der Waals surface area contributed by atoms with E-state index in [1.807, 2.05) is 12.1 Å². The van der Waals surface area contributed by atoms with Crippen LogP contribution in [0.1, 0.15) is 4.88 Å². The number of hydrogen-bond donors (Lipinski definition) is 4. The van der Waals surface area contributed by atoms with Crippen LogP contribution in [0, 0.1) is 0 Å². The summed E-state index contributed by atoms with van der Waals surface area (Å²) in [4.78, 5) is 23.0. The van der Waals surface area contributed by atoms with Crippen LogP contribution in [0.15, 0.2) is 15.9 Å². The summed E-state index contributed by atoms with van der Waals surface area (Å²) in [5.41, 5.74) is 0. The van der Waals surface area contributed by atoms with Crippen LogP contribution in [-0.2, 0) is 11.2 Å². The lowest BCUT2D eigenvalue weighted by atomic mass is 10.3. The van der Waals surface area contributed by atoms with Crippen molar-refractivity contribution in [1.29, 1.82) is 0 Å². The SMILES string of the molecule is O=C(NCCc1ccc(Br)s1)NC(CO)C(=O)O. The van der Waals surface area contributed by atoms with Crippen molar-refractivity contribution < 1.29 is 19.8 Å². The number of carbonyl (C=O) groups excluding carboxylic acids is 1. The van der Waals surface area contributed by atoms with Gasteiger partial charge in [-0.15, -0.1) is 11.3 Å². The molecule has 2 amide bonds. The minimum Gasteiger partial charge on any atom is -0.480 e. The summed E-state index contributed by atoms with van der Waals surface area (Å²) in [5.74, 6) is -1.27. The highest BCUT2D eigenvalue weighted by Crippen LogP contribution is 2.21. The number of amides is 2. The Kier molecular flexibility index (Phi) is 6.10. The zero-order chi connectivity index (χ0) is 13.5. The molecule has 0 saturated carbocycles. The fourth-order valence-electron chi connectivity index (χ4n) is 1.18. The molecular weight excluding hydrogens is 324 g/mol. The highest BCUT2D eigenvalue weighted by atomic mass is 79.9. The first-order valence-electron chi connectivity index (χ1n) is 5.15. The molecule has 100 valence electrons. The van der Waals surface area contributed by atoms with Gasteiger partial charge in [0.15, 0.2) is 6.04 Å². The number of aliphatic hydroxyl groups excluding tert-OH is 1. The van der Waals surface area contributed by atoms with Crippen molar-refractivity contribution in [3.05, 3.63) is 20.8 Å². The summed E-state index contributed by atoms with van der Waals surface area (Å²) in [7, 11) is 0. The topological polar surface area (TPSA) is 98.7 Å². The Bertz CT molecular complexity index is 424. The highest BCUT2D eigenvalue weighted by Gasteiger charge is 2.18. The number of aliphatic hydroxyl groups is 1. The van der Waals surface area contributed by atoms with Gasteiger partial charge in [0.05, 0.1) is 10.4 Å². The van der Waals surface area contributed by atoms with E-state index in [0.717, 1.165) is 8.66 Å². The average Bonchev–Trinajstić information content (AvgIpc) is 2.71. The number of rotatable bonds is 6. The molecule has 0 aliphatic rings. The van der Waals surface area contributed by atoms with Crippen LogP contribution in [0.25, 0.3) is 0 Å². The van der Waals surface area contributed by atoms with Gasteiger partial charge in [-0.2, -0.15) is 0 Å². The van der Waals surface area contributed by atoms with Gasteiger partial charge in [-0.25, -0.2) is 9.59 Å². The third-order valence-corrected chi connectivity index (χ3v) is 3.76. The fourth-order valence-corrected chi connectivity index (χ4v) is 2.66. The molecule has 0 fully saturated rings. The second kappa shape index (κ2) is 7.34. The first kappa shape index (κ1) is 14.9. The van der Waals surface area contributed by atoms with Crippen LogP contribution in [-0.4, -0.2) is 41.4 Å². The largest absolute Gasteiger partial charge is 0.480 e. The second-order valence-electron chi connectivity index (χ2n) is 3.43. The van der Waals surface area contributed by atoms with Crippen molar-refractivity contribution in [2.75, 3.05) is 13.2 Å². The van der Waals surface area contributed by atoms with Crippen LogP contribution >= 0.6 is 27.3 Å². The summed E-state index contributed by atoms with van der Waals surface area (Å²) < 4.78 is 1.02. The van der Waals surface area contributed by atoms with Gasteiger partial charge in [-0.05, 0) is 34.5 Å². The number of hydrogen-bond acceptors (Lipinski definition) is 4. The summed E-state index contributed by atoms with van der Waals surface area (Å²) in [6.07, 6.45) is 0.667. The standard InChI is InChI=1S/C10H13BrN2O4S/c11-8-2-1-6(18-8)3-4-12-10(17)13-7(5-14)9(15)16/h1-2,7,14H,3-5H2,(H,15,16)(H2,12,13,17). The van der Waals surface area contributed by atoms with Gasteiger partial charge in [0, 0.05) is 11.4 Å². The van der Waals surface area contributed by atoms with Crippen molar-refractivity contribution in [1.82, 2.24) is 10.6 Å². The monoisotopic (exact) mass is 336 g/mol. The number of aliphatic carboxylic acids is 1. The molecule has 6 nitrogen and oxygen atoms in total. The zero-order valence-electron chi connectivity index (χ0n) is 9.35. The fraction of sp³-hybridized carbons (Fsp3) is 0.400. The lowest BCUT2D eigenvalue weighted by Crippen LogP contribution is -2.48. The smallest absolute Gasteiger partial charge is 0.328 e. The highest BCUT2D eigenvalue weighted by molar-refractivity contribution is 9.11. The molecule has 1 aromatic heterocycles. The molecule has 0 saturated heterocycles. The maximum absolute atomic E-state index is 11.3. The average molecular weight is 337 g/mol. The van der Waals surface area contributed by atoms with E-state index in [1.165, 1.54) is 0 Å². The Morgan fingerprint density at radius 3 is 2.67 bits per heavy atom. The predicted octanol–water partition coefficient (Wildman–Crippen LogP) is 0.798. The summed E-state index contributed by atoms with van der Waals surface area (Å²) in [6, 6.07) is 1.99. The number of thiophene rings is 1. The number of halogens is 1. The Morgan fingerprint density at radius 2 is 2.17 bits per heavy atom. The van der Waals surface area contributed by atoms with E-state index in [9.17, 15) is 9.59 Å². The molecule has 0 radical (unpaired) electrons. The lowest BCUT2D eigenvalue weighted by molar-refractivity contribution is -0.140. The molecule has 0 bridgehead atoms. The Balaban J connectivity index is 2.26. The molecular formula is C10H13BrN2O4S. The predicted molar refractivity (Wildman–Crippen MR) is 70.8 cm³/mol. The van der Waals surface area contributed by atoms with Gasteiger partial charge in [-0.1, -0.05) is 0 Å². The first-order valence-corrected chi connectivity index (χ1v) is 6.76. The van der Waals surface area contributed by atoms with Crippen LogP contribution in [0.4, 0.5) is 4.79 Å². The molecule has 8 heteroatoms. The van der Waals surface area contributed by atoms with Gasteiger partial charge in [-0.3, -0.25) is 0 Å². The van der Waals surface area contributed by atoms with Crippen LogP contribution in [0.3, 0.4) is 0 Å². The van der Waals surface area contributed by atoms with E-state index in [0.29, 0.717) is 13.0 Å². The normalized spacial score (nSPS) is 11.9. The van der Waals surface area contributed by atoms with E-state index in [4.69, 9.17) is 10.2 Å². The number of carboxylic acids is 1. The minimum absolute atomic E-state index is 0.399. The molecule has 0 spiro atoms. The molecule has 18 heavy (non-hydrogen) atoms. The van der Waals surface area contributed by atoms with E-state index in [2.05, 4.69) is 26.6 Å². The first-order chi connectivity index (χ1) is 8.52. The van der Waals surface area contributed by atoms with Crippen molar-refractivity contribution >= 4 is 39.3 Å². The summed E-state index contributed by atoms with van der Waals surface area (Å²) in [6.45, 7) is -0.239. The van der Waals surface area contributed by atoms with Gasteiger partial charge < -0.3 is 20.8 Å². The molecule has 1 aromatic rings. The Labute approximate surface area is 116 Å². The Hall–Kier alpha value is -1.12. The van der Waals surface area contributed by atoms with Crippen LogP contribution in [0.2, 0.25) is 0 Å². The van der Waals surface area contributed by atoms with Crippen molar-refractivity contribution in [3.8, 4) is 0 Å². The molecule has 1 heterocycles. The van der Waals surface area contributed by atoms with E-state index in [-0.39, 0.29) is 0 Å². The molecule has 1 rings (SSSR count). The molecule has 0 aromatic carbocycles. The third-order valence-electron chi connectivity index (χ3n) is 2.07. The van der Waals surface area contributed by atoms with E-state index >= 15 is 0 Å². The van der Waals surface area contributed by atoms with Gasteiger partial charge in [0.1, 0.15) is 0 Å². The zero-order valence-corrected chi connectivity index (χ0v) is 11.8. The van der Waals surface area contributed by atoms with Crippen molar-refractivity contribution in [3.63, 3.8) is 0 Å². The third kappa shape index (κ3) is 5.03. The van der Waals surface area contributed by atoms with Crippen molar-refractivity contribution in [2.24, 2.45) is 0 Å². The number of urea groups is 1. The van der Waals surface area contributed by atoms with Gasteiger partial charge in [0.25, 0.3) is 0 Å². The van der Waals surface area contributed by atoms with Crippen LogP contribution < -0.4 is 10.6 Å². The summed E-state index contributed by atoms with van der Waals surface area (Å²) in [5, 5.41) is 22.0. The molecule has 1 atom stereocenters. The minimum atomic E-state index is -1.28. The van der Waals surface area contributed by atoms with E-state index in [1.54, 1.807) is 11.3 Å². The second-order valence-corrected chi connectivity index (χ2v) is 5.98. The van der Waals surface area contributed by atoms with Gasteiger partial charge in [0.2, 0.25) is 0 Å². The summed E-state index contributed by atoms with van der Waals surface area (Å²) >= 11 is 4.91. The van der Waals surface area contributed by atoms with Crippen molar-refractivity contribution in [2.45, 2.75) is 12.5 Å². The van der Waals surface area contributed by atoms with Crippen LogP contribution in [0.5, 0.6) is 0 Å². The molecule has 0 aliphatic heterocycles. The quantitative estimate of drug-likeness (QED) is 0.617. The number of carbonyl (C=O) groups is 2. The maximum Gasteiger partial charge on any atom is 0.328 e. The van der Waals surface area contributed by atoms with Gasteiger partial charge >= 0.3 is 12.0 Å². The molecule has 1 unspecified atom stereocenters. The Morgan fingerprint density at radius 1 is 1.44 bits per heavy atom. The maximum atomic E-state index is 11.3. The molecule has 4 N–H and O–H groups in total. The molecule has 0 aliphatic carbocycles. The number of nitrogens with one attached hydrogen (secondary N) is 2. The lowest BCUT2D eigenvalue weighted by Gasteiger charge is -2.12. The number of carboxylic acid groups (broad SMARTS) is 1.